The molecule has 1 N–H and O–H groups in total. The summed E-state index contributed by atoms with van der Waals surface area (Å²) in [6.07, 6.45) is 1.72. The van der Waals surface area contributed by atoms with E-state index in [-0.39, 0.29) is 5.82 Å². The van der Waals surface area contributed by atoms with E-state index in [0.717, 1.165) is 16.7 Å². The summed E-state index contributed by atoms with van der Waals surface area (Å²) in [7, 11) is 0. The Bertz CT molecular complexity index is 864. The molecule has 0 saturated carbocycles. The number of hydrazone groups is 1. The monoisotopic (exact) mass is 368 g/mol. The van der Waals surface area contributed by atoms with Crippen molar-refractivity contribution >= 4 is 17.8 Å². The molecule has 0 heterocycles. The van der Waals surface area contributed by atoms with Gasteiger partial charge in [-0.2, -0.15) is 5.10 Å². The molecule has 26 heavy (non-hydrogen) atoms. The molecule has 0 amide bonds. The number of benzene rings is 3. The van der Waals surface area contributed by atoms with Gasteiger partial charge in [0.2, 0.25) is 0 Å². The SMILES string of the molecule is Fc1ccc(COc2ccccc2/C=N\NCc2ccc(Cl)cc2)cc1. The third kappa shape index (κ3) is 5.33. The highest BCUT2D eigenvalue weighted by Gasteiger charge is 2.02. The Morgan fingerprint density at radius 2 is 1.62 bits per heavy atom. The van der Waals surface area contributed by atoms with Gasteiger partial charge in [-0.05, 0) is 47.5 Å². The first kappa shape index (κ1) is 18.0. The molecule has 3 aromatic rings. The molecule has 0 aliphatic heterocycles. The molecule has 5 heteroatoms. The highest BCUT2D eigenvalue weighted by Crippen LogP contribution is 2.18. The zero-order valence-electron chi connectivity index (χ0n) is 14.0. The van der Waals surface area contributed by atoms with Gasteiger partial charge in [0.25, 0.3) is 0 Å². The van der Waals surface area contributed by atoms with Gasteiger partial charge in [0.05, 0.1) is 12.8 Å². The Morgan fingerprint density at radius 3 is 2.38 bits per heavy atom. The van der Waals surface area contributed by atoms with Crippen LogP contribution >= 0.6 is 11.6 Å². The molecule has 0 unspecified atom stereocenters. The van der Waals surface area contributed by atoms with Crippen molar-refractivity contribution in [3.63, 3.8) is 0 Å². The zero-order chi connectivity index (χ0) is 18.2. The summed E-state index contributed by atoms with van der Waals surface area (Å²) in [5, 5.41) is 4.96. The van der Waals surface area contributed by atoms with Crippen LogP contribution in [-0.4, -0.2) is 6.21 Å². The molecule has 0 spiro atoms. The number of nitrogens with zero attached hydrogens (tertiary/aromatic N) is 1. The lowest BCUT2D eigenvalue weighted by atomic mass is 10.2. The van der Waals surface area contributed by atoms with Crippen LogP contribution in [0, 0.1) is 5.82 Å². The van der Waals surface area contributed by atoms with E-state index in [4.69, 9.17) is 16.3 Å². The molecule has 3 aromatic carbocycles. The summed E-state index contributed by atoms with van der Waals surface area (Å²) in [5.41, 5.74) is 5.86. The maximum Gasteiger partial charge on any atom is 0.128 e. The number of hydrogen-bond acceptors (Lipinski definition) is 3. The molecule has 0 atom stereocenters. The van der Waals surface area contributed by atoms with Gasteiger partial charge < -0.3 is 10.2 Å². The Kier molecular flexibility index (Phi) is 6.23. The molecular formula is C21H18ClFN2O. The fourth-order valence-corrected chi connectivity index (χ4v) is 2.44. The molecule has 132 valence electrons. The van der Waals surface area contributed by atoms with Gasteiger partial charge in [-0.25, -0.2) is 4.39 Å². The van der Waals surface area contributed by atoms with Gasteiger partial charge in [0.15, 0.2) is 0 Å². The van der Waals surface area contributed by atoms with Crippen molar-refractivity contribution in [2.45, 2.75) is 13.2 Å². The van der Waals surface area contributed by atoms with Crippen molar-refractivity contribution in [2.24, 2.45) is 5.10 Å². The minimum atomic E-state index is -0.256. The van der Waals surface area contributed by atoms with Crippen LogP contribution in [0.1, 0.15) is 16.7 Å². The van der Waals surface area contributed by atoms with Crippen LogP contribution in [0.25, 0.3) is 0 Å². The van der Waals surface area contributed by atoms with E-state index in [1.807, 2.05) is 48.5 Å². The largest absolute Gasteiger partial charge is 0.488 e. The Balaban J connectivity index is 1.57. The van der Waals surface area contributed by atoms with E-state index < -0.39 is 0 Å². The third-order valence-corrected chi connectivity index (χ3v) is 3.97. The van der Waals surface area contributed by atoms with E-state index in [2.05, 4.69) is 10.5 Å². The van der Waals surface area contributed by atoms with Crippen LogP contribution in [-0.2, 0) is 13.2 Å². The normalized spacial score (nSPS) is 10.8. The summed E-state index contributed by atoms with van der Waals surface area (Å²) in [5.74, 6) is 0.460. The minimum Gasteiger partial charge on any atom is -0.488 e. The lowest BCUT2D eigenvalue weighted by Crippen LogP contribution is -2.06. The second-order valence-electron chi connectivity index (χ2n) is 5.67. The van der Waals surface area contributed by atoms with Crippen molar-refractivity contribution < 1.29 is 9.13 Å². The highest BCUT2D eigenvalue weighted by molar-refractivity contribution is 6.30. The Labute approximate surface area is 157 Å². The number of nitrogens with one attached hydrogen (secondary N) is 1. The van der Waals surface area contributed by atoms with Gasteiger partial charge in [-0.1, -0.05) is 48.0 Å². The van der Waals surface area contributed by atoms with Crippen LogP contribution in [0.2, 0.25) is 5.02 Å². The summed E-state index contributed by atoms with van der Waals surface area (Å²) in [6.45, 7) is 0.968. The quantitative estimate of drug-likeness (QED) is 0.460. The fourth-order valence-electron chi connectivity index (χ4n) is 2.31. The smallest absolute Gasteiger partial charge is 0.128 e. The van der Waals surface area contributed by atoms with Crippen LogP contribution in [0.15, 0.2) is 77.9 Å². The van der Waals surface area contributed by atoms with Crippen LogP contribution < -0.4 is 10.2 Å². The number of halogens is 2. The van der Waals surface area contributed by atoms with Crippen LogP contribution in [0.3, 0.4) is 0 Å². The molecule has 0 aliphatic rings. The van der Waals surface area contributed by atoms with E-state index in [0.29, 0.717) is 23.9 Å². The summed E-state index contributed by atoms with van der Waals surface area (Å²) in [6, 6.07) is 21.5. The molecule has 0 saturated heterocycles. The maximum atomic E-state index is 13.0. The molecule has 0 aliphatic carbocycles. The van der Waals surface area contributed by atoms with Gasteiger partial charge in [-0.3, -0.25) is 0 Å². The van der Waals surface area contributed by atoms with Gasteiger partial charge in [0, 0.05) is 10.6 Å². The maximum absolute atomic E-state index is 13.0. The van der Waals surface area contributed by atoms with E-state index >= 15 is 0 Å². The van der Waals surface area contributed by atoms with E-state index in [9.17, 15) is 4.39 Å². The van der Waals surface area contributed by atoms with Crippen molar-refractivity contribution in [1.29, 1.82) is 0 Å². The first-order chi connectivity index (χ1) is 12.7. The van der Waals surface area contributed by atoms with Crippen molar-refractivity contribution in [3.8, 4) is 5.75 Å². The van der Waals surface area contributed by atoms with Gasteiger partial charge in [-0.15, -0.1) is 0 Å². The molecule has 3 rings (SSSR count). The lowest BCUT2D eigenvalue weighted by molar-refractivity contribution is 0.305. The number of hydrogen-bond donors (Lipinski definition) is 1. The average molecular weight is 369 g/mol. The molecule has 0 radical (unpaired) electrons. The molecule has 0 fully saturated rings. The fraction of sp³-hybridized carbons (Fsp3) is 0.0952. The predicted octanol–water partition coefficient (Wildman–Crippen LogP) is 5.18. The first-order valence-corrected chi connectivity index (χ1v) is 8.55. The number of para-hydroxylation sites is 1. The number of rotatable bonds is 7. The Morgan fingerprint density at radius 1 is 0.923 bits per heavy atom. The minimum absolute atomic E-state index is 0.256. The lowest BCUT2D eigenvalue weighted by Gasteiger charge is -2.09. The van der Waals surface area contributed by atoms with Gasteiger partial charge in [0.1, 0.15) is 18.2 Å². The molecule has 0 bridgehead atoms. The topological polar surface area (TPSA) is 33.6 Å². The van der Waals surface area contributed by atoms with E-state index in [1.54, 1.807) is 18.3 Å². The van der Waals surface area contributed by atoms with Crippen molar-refractivity contribution in [3.05, 3.63) is 100 Å². The van der Waals surface area contributed by atoms with Crippen molar-refractivity contribution in [1.82, 2.24) is 5.43 Å². The molecular weight excluding hydrogens is 351 g/mol. The predicted molar refractivity (Wildman–Crippen MR) is 103 cm³/mol. The van der Waals surface area contributed by atoms with Crippen LogP contribution in [0.4, 0.5) is 4.39 Å². The molecule has 3 nitrogen and oxygen atoms in total. The van der Waals surface area contributed by atoms with E-state index in [1.165, 1.54) is 12.1 Å². The third-order valence-electron chi connectivity index (χ3n) is 3.72. The highest BCUT2D eigenvalue weighted by atomic mass is 35.5. The standard InChI is InChI=1S/C21H18ClFN2O/c22-19-9-5-16(6-10-19)13-24-25-14-18-3-1-2-4-21(18)26-15-17-7-11-20(23)12-8-17/h1-12,14,24H,13,15H2/b25-14-. The van der Waals surface area contributed by atoms with Crippen molar-refractivity contribution in [2.75, 3.05) is 0 Å². The second kappa shape index (κ2) is 9.02. The zero-order valence-corrected chi connectivity index (χ0v) is 14.8. The summed E-state index contributed by atoms with van der Waals surface area (Å²) in [4.78, 5) is 0. The summed E-state index contributed by atoms with van der Waals surface area (Å²) >= 11 is 5.87. The van der Waals surface area contributed by atoms with Gasteiger partial charge >= 0.3 is 0 Å². The number of ether oxygens (including phenoxy) is 1. The summed E-state index contributed by atoms with van der Waals surface area (Å²) < 4.78 is 18.8. The van der Waals surface area contributed by atoms with Crippen LogP contribution in [0.5, 0.6) is 5.75 Å². The Hall–Kier alpha value is -2.85. The first-order valence-electron chi connectivity index (χ1n) is 8.17. The molecule has 0 aromatic heterocycles. The average Bonchev–Trinajstić information content (AvgIpc) is 2.67. The second-order valence-corrected chi connectivity index (χ2v) is 6.11.